The van der Waals surface area contributed by atoms with Crippen LogP contribution in [0.25, 0.3) is 0 Å². The van der Waals surface area contributed by atoms with E-state index in [-0.39, 0.29) is 24.9 Å². The first-order valence-electron chi connectivity index (χ1n) is 11.3. The highest BCUT2D eigenvalue weighted by atomic mass is 35.5. The lowest BCUT2D eigenvalue weighted by Gasteiger charge is -2.39. The van der Waals surface area contributed by atoms with Crippen molar-refractivity contribution in [2.24, 2.45) is 5.92 Å². The summed E-state index contributed by atoms with van der Waals surface area (Å²) in [6, 6.07) is 0.312. The molecule has 190 valence electrons. The van der Waals surface area contributed by atoms with Crippen LogP contribution >= 0.6 is 22.9 Å². The number of benzene rings is 1. The van der Waals surface area contributed by atoms with Gasteiger partial charge in [0.2, 0.25) is 21.8 Å². The highest BCUT2D eigenvalue weighted by molar-refractivity contribution is 7.89. The zero-order valence-electron chi connectivity index (χ0n) is 18.8. The Kier molecular flexibility index (Phi) is 8.04. The third-order valence-electron chi connectivity index (χ3n) is 6.44. The monoisotopic (exact) mass is 546 g/mol. The van der Waals surface area contributed by atoms with Gasteiger partial charge in [0.15, 0.2) is 5.13 Å². The Morgan fingerprint density at radius 1 is 1.20 bits per heavy atom. The molecule has 8 nitrogen and oxygen atoms in total. The van der Waals surface area contributed by atoms with Crippen molar-refractivity contribution in [1.29, 1.82) is 0 Å². The molecule has 2 fully saturated rings. The van der Waals surface area contributed by atoms with Crippen LogP contribution in [0, 0.1) is 17.6 Å². The second-order valence-corrected chi connectivity index (χ2v) is 11.9. The van der Waals surface area contributed by atoms with E-state index in [1.54, 1.807) is 11.6 Å². The summed E-state index contributed by atoms with van der Waals surface area (Å²) in [5.74, 6) is -2.96. The maximum absolute atomic E-state index is 14.3. The second-order valence-electron chi connectivity index (χ2n) is 8.70. The number of sulfonamides is 1. The lowest BCUT2D eigenvalue weighted by atomic mass is 9.84. The number of carbonyl (C=O) groups excluding carboxylic acids is 2. The molecule has 1 N–H and O–H groups in total. The molecule has 0 radical (unpaired) electrons. The van der Waals surface area contributed by atoms with Crippen LogP contribution in [-0.4, -0.2) is 60.1 Å². The molecule has 2 aliphatic rings. The van der Waals surface area contributed by atoms with Gasteiger partial charge in [-0.25, -0.2) is 22.2 Å². The summed E-state index contributed by atoms with van der Waals surface area (Å²) in [5, 5.41) is 4.35. The molecule has 4 rings (SSSR count). The Hall–Kier alpha value is -2.15. The van der Waals surface area contributed by atoms with Gasteiger partial charge in [-0.3, -0.25) is 9.59 Å². The van der Waals surface area contributed by atoms with Crippen LogP contribution in [0.3, 0.4) is 0 Å². The smallest absolute Gasteiger partial charge is 0.248 e. The first-order valence-corrected chi connectivity index (χ1v) is 14.0. The van der Waals surface area contributed by atoms with Crippen LogP contribution in [0.5, 0.6) is 0 Å². The summed E-state index contributed by atoms with van der Waals surface area (Å²) in [4.78, 5) is 30.9. The van der Waals surface area contributed by atoms with E-state index in [2.05, 4.69) is 10.3 Å². The molecule has 1 saturated carbocycles. The average molecular weight is 547 g/mol. The number of piperazine rings is 1. The van der Waals surface area contributed by atoms with Gasteiger partial charge in [-0.15, -0.1) is 11.3 Å². The molecule has 0 spiro atoms. The molecule has 2 aromatic rings. The van der Waals surface area contributed by atoms with Crippen molar-refractivity contribution in [1.82, 2.24) is 14.2 Å². The second kappa shape index (κ2) is 10.9. The van der Waals surface area contributed by atoms with Crippen molar-refractivity contribution in [2.75, 3.05) is 25.0 Å². The fourth-order valence-corrected chi connectivity index (χ4v) is 6.75. The number of thiazole rings is 1. The van der Waals surface area contributed by atoms with Crippen molar-refractivity contribution in [3.63, 3.8) is 0 Å². The Bertz CT molecular complexity index is 1190. The van der Waals surface area contributed by atoms with Crippen LogP contribution in [-0.2, 0) is 19.6 Å². The van der Waals surface area contributed by atoms with Crippen molar-refractivity contribution in [2.45, 2.75) is 49.5 Å². The summed E-state index contributed by atoms with van der Waals surface area (Å²) in [5.41, 5.74) is 0. The Morgan fingerprint density at radius 3 is 2.60 bits per heavy atom. The summed E-state index contributed by atoms with van der Waals surface area (Å²) in [6.45, 7) is -0.806. The predicted molar refractivity (Wildman–Crippen MR) is 128 cm³/mol. The molecule has 1 unspecified atom stereocenters. The molecular weight excluding hydrogens is 522 g/mol. The van der Waals surface area contributed by atoms with E-state index in [1.807, 2.05) is 0 Å². The molecule has 1 aromatic carbocycles. The van der Waals surface area contributed by atoms with E-state index < -0.39 is 50.1 Å². The third kappa shape index (κ3) is 5.82. The van der Waals surface area contributed by atoms with Crippen molar-refractivity contribution in [3.05, 3.63) is 40.4 Å². The Morgan fingerprint density at radius 2 is 1.94 bits per heavy atom. The number of anilines is 1. The quantitative estimate of drug-likeness (QED) is 0.531. The Labute approximate surface area is 211 Å². The maximum atomic E-state index is 14.3. The number of aromatic nitrogens is 1. The highest BCUT2D eigenvalue weighted by Crippen LogP contribution is 2.31. The third-order valence-corrected chi connectivity index (χ3v) is 9.28. The molecule has 2 heterocycles. The van der Waals surface area contributed by atoms with Gasteiger partial charge < -0.3 is 10.2 Å². The lowest BCUT2D eigenvalue weighted by molar-refractivity contribution is -0.142. The minimum atomic E-state index is -4.50. The summed E-state index contributed by atoms with van der Waals surface area (Å²) < 4.78 is 54.9. The molecule has 1 aromatic heterocycles. The van der Waals surface area contributed by atoms with Gasteiger partial charge in [0.1, 0.15) is 22.6 Å². The van der Waals surface area contributed by atoms with Crippen LogP contribution < -0.4 is 5.32 Å². The summed E-state index contributed by atoms with van der Waals surface area (Å²) in [6.07, 6.45) is 7.22. The number of hydrogen-bond donors (Lipinski definition) is 1. The lowest BCUT2D eigenvalue weighted by Crippen LogP contribution is -2.58. The van der Waals surface area contributed by atoms with Crippen LogP contribution in [0.4, 0.5) is 13.9 Å². The van der Waals surface area contributed by atoms with Gasteiger partial charge in [-0.2, -0.15) is 4.31 Å². The molecule has 13 heteroatoms. The van der Waals surface area contributed by atoms with E-state index in [9.17, 15) is 26.8 Å². The molecule has 1 aliphatic carbocycles. The molecule has 1 atom stereocenters. The van der Waals surface area contributed by atoms with Gasteiger partial charge in [0.05, 0.1) is 11.6 Å². The number of carbonyl (C=O) groups is 2. The average Bonchev–Trinajstić information content (AvgIpc) is 3.33. The fourth-order valence-electron chi connectivity index (χ4n) is 4.63. The number of nitrogens with one attached hydrogen (secondary N) is 1. The first kappa shape index (κ1) is 25.9. The topological polar surface area (TPSA) is 99.7 Å². The molecule has 35 heavy (non-hydrogen) atoms. The number of amides is 2. The van der Waals surface area contributed by atoms with Gasteiger partial charge in [-0.1, -0.05) is 43.7 Å². The minimum Gasteiger partial charge on any atom is -0.328 e. The van der Waals surface area contributed by atoms with Crippen molar-refractivity contribution in [3.8, 4) is 0 Å². The molecule has 2 amide bonds. The maximum Gasteiger partial charge on any atom is 0.248 e. The largest absolute Gasteiger partial charge is 0.328 e. The molecular formula is C22H25ClF2N4O4S2. The highest BCUT2D eigenvalue weighted by Gasteiger charge is 2.40. The number of halogens is 3. The fraction of sp³-hybridized carbons (Fsp3) is 0.500. The van der Waals surface area contributed by atoms with Gasteiger partial charge in [0.25, 0.3) is 0 Å². The van der Waals surface area contributed by atoms with E-state index in [1.165, 1.54) is 16.2 Å². The normalized spacial score (nSPS) is 19.1. The van der Waals surface area contributed by atoms with Gasteiger partial charge >= 0.3 is 0 Å². The van der Waals surface area contributed by atoms with Gasteiger partial charge in [0, 0.05) is 24.7 Å². The van der Waals surface area contributed by atoms with Crippen LogP contribution in [0.2, 0.25) is 5.02 Å². The van der Waals surface area contributed by atoms with Crippen LogP contribution in [0.15, 0.2) is 28.6 Å². The summed E-state index contributed by atoms with van der Waals surface area (Å²) >= 11 is 6.79. The SMILES string of the molecule is O=C(Nc1nccs1)C(CC1CCCCC1)N1CCN(S(=O)(=O)c2cc(F)c(Cl)cc2F)CC1=O. The van der Waals surface area contributed by atoms with E-state index in [4.69, 9.17) is 11.6 Å². The molecule has 1 aliphatic heterocycles. The number of hydrogen-bond acceptors (Lipinski definition) is 6. The van der Waals surface area contributed by atoms with Crippen molar-refractivity contribution < 1.29 is 26.8 Å². The van der Waals surface area contributed by atoms with E-state index in [0.29, 0.717) is 23.7 Å². The number of rotatable bonds is 7. The number of nitrogens with zero attached hydrogens (tertiary/aromatic N) is 3. The van der Waals surface area contributed by atoms with Gasteiger partial charge in [-0.05, 0) is 24.5 Å². The van der Waals surface area contributed by atoms with Crippen molar-refractivity contribution >= 4 is 49.9 Å². The minimum absolute atomic E-state index is 0.0571. The standard InChI is InChI=1S/C22H25ClF2N4O4S2/c23-15-11-17(25)19(12-16(15)24)35(32,33)28-7-8-29(20(30)13-28)18(10-14-4-2-1-3-5-14)21(31)27-22-26-6-9-34-22/h6,9,11-12,14,18H,1-5,7-8,10,13H2,(H,26,27,31). The van der Waals surface area contributed by atoms with E-state index >= 15 is 0 Å². The first-order chi connectivity index (χ1) is 16.7. The zero-order valence-corrected chi connectivity index (χ0v) is 21.1. The summed E-state index contributed by atoms with van der Waals surface area (Å²) in [7, 11) is -4.50. The van der Waals surface area contributed by atoms with E-state index in [0.717, 1.165) is 36.4 Å². The predicted octanol–water partition coefficient (Wildman–Crippen LogP) is 3.89. The molecule has 0 bridgehead atoms. The Balaban J connectivity index is 1.53. The zero-order chi connectivity index (χ0) is 25.2. The molecule has 1 saturated heterocycles. The van der Waals surface area contributed by atoms with Crippen LogP contribution in [0.1, 0.15) is 38.5 Å².